The zero-order valence-corrected chi connectivity index (χ0v) is 13.2. The van der Waals surface area contributed by atoms with Crippen LogP contribution in [0, 0.1) is 11.3 Å². The summed E-state index contributed by atoms with van der Waals surface area (Å²) in [6.07, 6.45) is 7.01. The van der Waals surface area contributed by atoms with Gasteiger partial charge in [0.2, 0.25) is 0 Å². The SMILES string of the molecule is N#Cc1nc(=O)n(-c2ccc(Cl)cc2)c(N)c1/C=C/c1cc[nH]c1. The number of anilines is 1. The lowest BCUT2D eigenvalue weighted by Gasteiger charge is -2.12. The van der Waals surface area contributed by atoms with Crippen LogP contribution in [0.25, 0.3) is 17.8 Å². The zero-order valence-electron chi connectivity index (χ0n) is 12.4. The van der Waals surface area contributed by atoms with Crippen molar-refractivity contribution in [3.05, 3.63) is 75.1 Å². The first kappa shape index (κ1) is 15.6. The molecule has 0 radical (unpaired) electrons. The average Bonchev–Trinajstić information content (AvgIpc) is 3.08. The molecule has 3 rings (SSSR count). The summed E-state index contributed by atoms with van der Waals surface area (Å²) < 4.78 is 1.24. The molecule has 0 spiro atoms. The highest BCUT2D eigenvalue weighted by molar-refractivity contribution is 6.30. The van der Waals surface area contributed by atoms with Crippen molar-refractivity contribution in [1.82, 2.24) is 14.5 Å². The van der Waals surface area contributed by atoms with Crippen LogP contribution >= 0.6 is 11.6 Å². The second-order valence-corrected chi connectivity index (χ2v) is 5.38. The number of nitriles is 1. The number of nitrogen functional groups attached to an aromatic ring is 1. The van der Waals surface area contributed by atoms with Crippen LogP contribution in [0.5, 0.6) is 0 Å². The van der Waals surface area contributed by atoms with Crippen LogP contribution in [0.4, 0.5) is 5.82 Å². The van der Waals surface area contributed by atoms with E-state index in [9.17, 15) is 10.1 Å². The molecule has 0 aliphatic rings. The van der Waals surface area contributed by atoms with Gasteiger partial charge in [-0.1, -0.05) is 17.7 Å². The van der Waals surface area contributed by atoms with Crippen molar-refractivity contribution in [3.63, 3.8) is 0 Å². The van der Waals surface area contributed by atoms with Gasteiger partial charge >= 0.3 is 5.69 Å². The highest BCUT2D eigenvalue weighted by Gasteiger charge is 2.14. The smallest absolute Gasteiger partial charge is 0.355 e. The fourth-order valence-electron chi connectivity index (χ4n) is 2.26. The number of halogens is 1. The van der Waals surface area contributed by atoms with Crippen LogP contribution in [0.3, 0.4) is 0 Å². The van der Waals surface area contributed by atoms with E-state index < -0.39 is 5.69 Å². The minimum absolute atomic E-state index is 0.0190. The van der Waals surface area contributed by atoms with Gasteiger partial charge in [-0.15, -0.1) is 0 Å². The van der Waals surface area contributed by atoms with Crippen LogP contribution in [0.15, 0.2) is 47.5 Å². The van der Waals surface area contributed by atoms with E-state index in [1.807, 2.05) is 12.1 Å². The third kappa shape index (κ3) is 2.93. The summed E-state index contributed by atoms with van der Waals surface area (Å²) >= 11 is 5.87. The fourth-order valence-corrected chi connectivity index (χ4v) is 2.39. The molecule has 118 valence electrons. The van der Waals surface area contributed by atoms with E-state index in [0.29, 0.717) is 16.3 Å². The third-order valence-electron chi connectivity index (χ3n) is 3.43. The van der Waals surface area contributed by atoms with Crippen LogP contribution in [0.1, 0.15) is 16.8 Å². The normalized spacial score (nSPS) is 10.8. The average molecular weight is 338 g/mol. The lowest BCUT2D eigenvalue weighted by atomic mass is 10.1. The van der Waals surface area contributed by atoms with Gasteiger partial charge in [0.05, 0.1) is 11.3 Å². The first-order valence-corrected chi connectivity index (χ1v) is 7.37. The number of aromatic amines is 1. The molecule has 3 aromatic rings. The highest BCUT2D eigenvalue weighted by atomic mass is 35.5. The molecular weight excluding hydrogens is 326 g/mol. The molecular formula is C17H12ClN5O. The lowest BCUT2D eigenvalue weighted by molar-refractivity contribution is 0.915. The molecule has 7 heteroatoms. The van der Waals surface area contributed by atoms with Gasteiger partial charge in [-0.05, 0) is 42.0 Å². The summed E-state index contributed by atoms with van der Waals surface area (Å²) in [5.41, 5.74) is 7.32. The molecule has 0 saturated carbocycles. The van der Waals surface area contributed by atoms with Crippen molar-refractivity contribution in [3.8, 4) is 11.8 Å². The van der Waals surface area contributed by atoms with Crippen LogP contribution in [0.2, 0.25) is 5.02 Å². The molecule has 2 heterocycles. The van der Waals surface area contributed by atoms with Crippen molar-refractivity contribution in [2.45, 2.75) is 0 Å². The Morgan fingerprint density at radius 1 is 1.25 bits per heavy atom. The Kier molecular flexibility index (Phi) is 4.18. The number of hydrogen-bond donors (Lipinski definition) is 2. The molecule has 24 heavy (non-hydrogen) atoms. The van der Waals surface area contributed by atoms with Crippen LogP contribution in [-0.4, -0.2) is 14.5 Å². The Morgan fingerprint density at radius 2 is 2.00 bits per heavy atom. The number of hydrogen-bond acceptors (Lipinski definition) is 4. The molecule has 6 nitrogen and oxygen atoms in total. The summed E-state index contributed by atoms with van der Waals surface area (Å²) in [6.45, 7) is 0. The number of rotatable bonds is 3. The van der Waals surface area contributed by atoms with E-state index in [2.05, 4.69) is 9.97 Å². The highest BCUT2D eigenvalue weighted by Crippen LogP contribution is 2.21. The summed E-state index contributed by atoms with van der Waals surface area (Å²) in [6, 6.07) is 10.4. The van der Waals surface area contributed by atoms with Crippen molar-refractivity contribution in [2.75, 3.05) is 5.73 Å². The van der Waals surface area contributed by atoms with E-state index in [1.165, 1.54) is 4.57 Å². The van der Waals surface area contributed by atoms with Gasteiger partial charge in [-0.2, -0.15) is 10.2 Å². The van der Waals surface area contributed by atoms with Gasteiger partial charge in [-0.25, -0.2) is 9.36 Å². The molecule has 0 fully saturated rings. The van der Waals surface area contributed by atoms with Crippen LogP contribution in [-0.2, 0) is 0 Å². The Bertz CT molecular complexity index is 995. The first-order valence-electron chi connectivity index (χ1n) is 6.99. The minimum Gasteiger partial charge on any atom is -0.384 e. The molecule has 2 aromatic heterocycles. The summed E-state index contributed by atoms with van der Waals surface area (Å²) in [4.78, 5) is 19.0. The van der Waals surface area contributed by atoms with Gasteiger partial charge in [-0.3, -0.25) is 0 Å². The largest absolute Gasteiger partial charge is 0.384 e. The Labute approximate surface area is 142 Å². The number of nitrogens with zero attached hydrogens (tertiary/aromatic N) is 3. The maximum absolute atomic E-state index is 12.2. The van der Waals surface area contributed by atoms with E-state index in [4.69, 9.17) is 17.3 Å². The summed E-state index contributed by atoms with van der Waals surface area (Å²) in [5.74, 6) is 0.139. The maximum atomic E-state index is 12.2. The maximum Gasteiger partial charge on any atom is 0.355 e. The van der Waals surface area contributed by atoms with Gasteiger partial charge < -0.3 is 10.7 Å². The Balaban J connectivity index is 2.18. The van der Waals surface area contributed by atoms with E-state index >= 15 is 0 Å². The molecule has 1 aromatic carbocycles. The molecule has 0 amide bonds. The number of H-pyrrole nitrogens is 1. The number of benzene rings is 1. The quantitative estimate of drug-likeness (QED) is 0.767. The van der Waals surface area contributed by atoms with Gasteiger partial charge in [0, 0.05) is 17.4 Å². The molecule has 0 aliphatic heterocycles. The second-order valence-electron chi connectivity index (χ2n) is 4.94. The van der Waals surface area contributed by atoms with E-state index in [1.54, 1.807) is 48.8 Å². The minimum atomic E-state index is -0.620. The number of nitrogens with one attached hydrogen (secondary N) is 1. The van der Waals surface area contributed by atoms with E-state index in [-0.39, 0.29) is 11.5 Å². The predicted molar refractivity (Wildman–Crippen MR) is 93.7 cm³/mol. The van der Waals surface area contributed by atoms with Crippen molar-refractivity contribution in [2.24, 2.45) is 0 Å². The molecule has 3 N–H and O–H groups in total. The summed E-state index contributed by atoms with van der Waals surface area (Å²) in [5, 5.41) is 9.79. The standard InChI is InChI=1S/C17H12ClN5O/c18-12-2-4-13(5-3-12)23-16(20)14(15(9-19)22-17(23)24)6-1-11-7-8-21-10-11/h1-8,10,21H,20H2/b6-1+. The van der Waals surface area contributed by atoms with Crippen molar-refractivity contribution in [1.29, 1.82) is 5.26 Å². The third-order valence-corrected chi connectivity index (χ3v) is 3.68. The lowest BCUT2D eigenvalue weighted by Crippen LogP contribution is -2.26. The summed E-state index contributed by atoms with van der Waals surface area (Å²) in [7, 11) is 0. The second kappa shape index (κ2) is 6.44. The van der Waals surface area contributed by atoms with Gasteiger partial charge in [0.25, 0.3) is 0 Å². The molecule has 0 unspecified atom stereocenters. The monoisotopic (exact) mass is 337 g/mol. The molecule has 0 aliphatic carbocycles. The Hall–Kier alpha value is -3.30. The number of aromatic nitrogens is 3. The molecule has 0 bridgehead atoms. The topological polar surface area (TPSA) is 100 Å². The Morgan fingerprint density at radius 3 is 2.62 bits per heavy atom. The molecule has 0 saturated heterocycles. The number of nitrogens with two attached hydrogens (primary N) is 1. The first-order chi connectivity index (χ1) is 11.6. The van der Waals surface area contributed by atoms with Crippen LogP contribution < -0.4 is 11.4 Å². The van der Waals surface area contributed by atoms with Crippen molar-refractivity contribution < 1.29 is 0 Å². The fraction of sp³-hybridized carbons (Fsp3) is 0. The zero-order chi connectivity index (χ0) is 17.1. The van der Waals surface area contributed by atoms with Gasteiger partial charge in [0.1, 0.15) is 11.9 Å². The van der Waals surface area contributed by atoms with E-state index in [0.717, 1.165) is 5.56 Å². The predicted octanol–water partition coefficient (Wildman–Crippen LogP) is 2.84. The molecule has 0 atom stereocenters. The van der Waals surface area contributed by atoms with Crippen molar-refractivity contribution >= 4 is 29.6 Å². The van der Waals surface area contributed by atoms with Gasteiger partial charge in [0.15, 0.2) is 5.69 Å².